The van der Waals surface area contributed by atoms with Gasteiger partial charge in [0.1, 0.15) is 11.4 Å². The Morgan fingerprint density at radius 3 is 2.66 bits per heavy atom. The Morgan fingerprint density at radius 2 is 1.97 bits per heavy atom. The van der Waals surface area contributed by atoms with Gasteiger partial charge in [-0.2, -0.15) is 0 Å². The quantitative estimate of drug-likeness (QED) is 0.451. The SMILES string of the molecule is COc1c(OC(=O)CC(C)C)ccc2c1[nH]c1c3c(c(C)cc12)OC(C)(C)C=C3. The van der Waals surface area contributed by atoms with Crippen LogP contribution in [0.2, 0.25) is 0 Å². The van der Waals surface area contributed by atoms with E-state index in [9.17, 15) is 4.79 Å². The number of hydrogen-bond donors (Lipinski definition) is 1. The summed E-state index contributed by atoms with van der Waals surface area (Å²) in [7, 11) is 1.59. The second-order valence-electron chi connectivity index (χ2n) is 8.61. The second kappa shape index (κ2) is 6.83. The maximum atomic E-state index is 12.2. The van der Waals surface area contributed by atoms with Gasteiger partial charge in [-0.15, -0.1) is 0 Å². The van der Waals surface area contributed by atoms with Crippen molar-refractivity contribution in [2.45, 2.75) is 46.6 Å². The molecule has 5 heteroatoms. The molecule has 1 N–H and O–H groups in total. The minimum atomic E-state index is -0.340. The molecule has 152 valence electrons. The molecule has 1 aromatic heterocycles. The van der Waals surface area contributed by atoms with Crippen molar-refractivity contribution in [3.8, 4) is 17.2 Å². The molecule has 1 aliphatic heterocycles. The number of rotatable bonds is 4. The Bertz CT molecular complexity index is 1150. The molecule has 0 saturated heterocycles. The van der Waals surface area contributed by atoms with E-state index in [1.165, 1.54) is 0 Å². The van der Waals surface area contributed by atoms with Crippen molar-refractivity contribution >= 4 is 33.9 Å². The zero-order valence-electron chi connectivity index (χ0n) is 17.8. The summed E-state index contributed by atoms with van der Waals surface area (Å²) >= 11 is 0. The molecule has 0 unspecified atom stereocenters. The van der Waals surface area contributed by atoms with E-state index in [0.29, 0.717) is 17.9 Å². The van der Waals surface area contributed by atoms with Crippen molar-refractivity contribution in [3.05, 3.63) is 35.4 Å². The van der Waals surface area contributed by atoms with Gasteiger partial charge in [-0.1, -0.05) is 13.8 Å². The lowest BCUT2D eigenvalue weighted by Gasteiger charge is -2.29. The number of ether oxygens (including phenoxy) is 3. The Labute approximate surface area is 170 Å². The standard InChI is InChI=1S/C24H27NO4/c1-13(2)11-19(26)28-18-8-7-15-17-12-14(3)22-16(9-10-24(4,5)29-22)20(17)25-21(15)23(18)27-6/h7-10,12-13,25H,11H2,1-6H3. The van der Waals surface area contributed by atoms with Crippen molar-refractivity contribution in [2.24, 2.45) is 5.92 Å². The number of aromatic nitrogens is 1. The van der Waals surface area contributed by atoms with E-state index in [1.54, 1.807) is 13.2 Å². The fourth-order valence-corrected chi connectivity index (χ4v) is 3.87. The van der Waals surface area contributed by atoms with Crippen LogP contribution in [0.3, 0.4) is 0 Å². The third-order valence-corrected chi connectivity index (χ3v) is 5.18. The first-order valence-electron chi connectivity index (χ1n) is 9.95. The van der Waals surface area contributed by atoms with Crippen LogP contribution in [0.1, 0.15) is 45.2 Å². The van der Waals surface area contributed by atoms with Crippen LogP contribution >= 0.6 is 0 Å². The summed E-state index contributed by atoms with van der Waals surface area (Å²) in [6, 6.07) is 5.90. The van der Waals surface area contributed by atoms with E-state index in [0.717, 1.165) is 38.7 Å². The Hall–Kier alpha value is -2.95. The maximum absolute atomic E-state index is 12.2. The zero-order chi connectivity index (χ0) is 20.9. The Balaban J connectivity index is 1.90. The highest BCUT2D eigenvalue weighted by Crippen LogP contribution is 2.44. The van der Waals surface area contributed by atoms with Crippen molar-refractivity contribution in [2.75, 3.05) is 7.11 Å². The molecule has 0 radical (unpaired) electrons. The molecule has 0 atom stereocenters. The third-order valence-electron chi connectivity index (χ3n) is 5.18. The normalized spacial score (nSPS) is 14.9. The van der Waals surface area contributed by atoms with Gasteiger partial charge in [0.15, 0.2) is 11.5 Å². The van der Waals surface area contributed by atoms with Crippen molar-refractivity contribution in [3.63, 3.8) is 0 Å². The summed E-state index contributed by atoms with van der Waals surface area (Å²) in [5, 5.41) is 2.10. The van der Waals surface area contributed by atoms with Gasteiger partial charge >= 0.3 is 5.97 Å². The highest BCUT2D eigenvalue weighted by Gasteiger charge is 2.26. The minimum Gasteiger partial charge on any atom is -0.491 e. The molecule has 0 spiro atoms. The molecule has 29 heavy (non-hydrogen) atoms. The lowest BCUT2D eigenvalue weighted by atomic mass is 9.97. The van der Waals surface area contributed by atoms with Crippen LogP contribution in [-0.2, 0) is 4.79 Å². The van der Waals surface area contributed by atoms with Crippen molar-refractivity contribution < 1.29 is 19.0 Å². The summed E-state index contributed by atoms with van der Waals surface area (Å²) < 4.78 is 17.5. The first-order chi connectivity index (χ1) is 13.7. The largest absolute Gasteiger partial charge is 0.491 e. The summed E-state index contributed by atoms with van der Waals surface area (Å²) in [5.41, 5.74) is 3.56. The number of methoxy groups -OCH3 is 1. The van der Waals surface area contributed by atoms with Crippen LogP contribution in [0.5, 0.6) is 17.2 Å². The number of carbonyl (C=O) groups is 1. The van der Waals surface area contributed by atoms with Crippen LogP contribution in [0, 0.1) is 12.8 Å². The lowest BCUT2D eigenvalue weighted by molar-refractivity contribution is -0.135. The minimum absolute atomic E-state index is 0.232. The highest BCUT2D eigenvalue weighted by atomic mass is 16.6. The number of nitrogens with one attached hydrogen (secondary N) is 1. The van der Waals surface area contributed by atoms with Gasteiger partial charge < -0.3 is 19.2 Å². The molecule has 0 bridgehead atoms. The number of esters is 1. The van der Waals surface area contributed by atoms with E-state index in [2.05, 4.69) is 30.1 Å². The van der Waals surface area contributed by atoms with E-state index in [4.69, 9.17) is 14.2 Å². The lowest BCUT2D eigenvalue weighted by Crippen LogP contribution is -2.28. The summed E-state index contributed by atoms with van der Waals surface area (Å²) in [6.45, 7) is 10.1. The topological polar surface area (TPSA) is 60.5 Å². The molecule has 2 heterocycles. The van der Waals surface area contributed by atoms with E-state index < -0.39 is 0 Å². The van der Waals surface area contributed by atoms with Crippen LogP contribution < -0.4 is 14.2 Å². The smallest absolute Gasteiger partial charge is 0.311 e. The molecule has 0 amide bonds. The molecular weight excluding hydrogens is 366 g/mol. The van der Waals surface area contributed by atoms with E-state index >= 15 is 0 Å². The summed E-state index contributed by atoms with van der Waals surface area (Å²) in [5.74, 6) is 1.81. The Morgan fingerprint density at radius 1 is 1.21 bits per heavy atom. The van der Waals surface area contributed by atoms with Crippen molar-refractivity contribution in [1.29, 1.82) is 0 Å². The van der Waals surface area contributed by atoms with Gasteiger partial charge in [-0.25, -0.2) is 0 Å². The predicted molar refractivity (Wildman–Crippen MR) is 116 cm³/mol. The molecule has 0 saturated carbocycles. The predicted octanol–water partition coefficient (Wildman–Crippen LogP) is 5.77. The van der Waals surface area contributed by atoms with Gasteiger partial charge in [0.05, 0.1) is 18.1 Å². The zero-order valence-corrected chi connectivity index (χ0v) is 17.8. The summed E-state index contributed by atoms with van der Waals surface area (Å²) in [6.07, 6.45) is 4.54. The number of aromatic amines is 1. The molecule has 0 fully saturated rings. The van der Waals surface area contributed by atoms with Gasteiger partial charge in [-0.3, -0.25) is 4.79 Å². The molecule has 4 rings (SSSR count). The van der Waals surface area contributed by atoms with Gasteiger partial charge in [0.2, 0.25) is 0 Å². The van der Waals surface area contributed by atoms with Gasteiger partial charge in [-0.05, 0) is 62.6 Å². The molecule has 5 nitrogen and oxygen atoms in total. The highest BCUT2D eigenvalue weighted by molar-refractivity contribution is 6.13. The first-order valence-corrected chi connectivity index (χ1v) is 9.95. The molecular formula is C24H27NO4. The number of benzene rings is 2. The van der Waals surface area contributed by atoms with E-state index in [1.807, 2.05) is 33.8 Å². The molecule has 0 aliphatic carbocycles. The van der Waals surface area contributed by atoms with Gasteiger partial charge in [0, 0.05) is 22.8 Å². The van der Waals surface area contributed by atoms with E-state index in [-0.39, 0.29) is 17.5 Å². The monoisotopic (exact) mass is 393 g/mol. The van der Waals surface area contributed by atoms with Gasteiger partial charge in [0.25, 0.3) is 0 Å². The molecule has 1 aliphatic rings. The molecule has 3 aromatic rings. The third kappa shape index (κ3) is 3.35. The molecule has 2 aromatic carbocycles. The Kier molecular flexibility index (Phi) is 4.56. The fraction of sp³-hybridized carbons (Fsp3) is 0.375. The number of H-pyrrole nitrogens is 1. The van der Waals surface area contributed by atoms with Crippen LogP contribution in [-0.4, -0.2) is 23.7 Å². The fourth-order valence-electron chi connectivity index (χ4n) is 3.87. The number of hydrogen-bond acceptors (Lipinski definition) is 4. The van der Waals surface area contributed by atoms with Crippen LogP contribution in [0.15, 0.2) is 24.3 Å². The number of fused-ring (bicyclic) bond motifs is 5. The number of aryl methyl sites for hydroxylation is 1. The van der Waals surface area contributed by atoms with Crippen LogP contribution in [0.4, 0.5) is 0 Å². The average Bonchev–Trinajstić information content (AvgIpc) is 2.99. The maximum Gasteiger partial charge on any atom is 0.311 e. The first kappa shape index (κ1) is 19.4. The average molecular weight is 393 g/mol. The van der Waals surface area contributed by atoms with Crippen molar-refractivity contribution in [1.82, 2.24) is 4.98 Å². The number of carbonyl (C=O) groups excluding carboxylic acids is 1. The summed E-state index contributed by atoms with van der Waals surface area (Å²) in [4.78, 5) is 15.7. The second-order valence-corrected chi connectivity index (χ2v) is 8.61. The van der Waals surface area contributed by atoms with Crippen LogP contribution in [0.25, 0.3) is 27.9 Å².